The second kappa shape index (κ2) is 4.79. The molecule has 0 saturated carbocycles. The molecule has 6 nitrogen and oxygen atoms in total. The maximum atomic E-state index is 12.6. The summed E-state index contributed by atoms with van der Waals surface area (Å²) in [5.74, 6) is -0.204. The van der Waals surface area contributed by atoms with E-state index >= 15 is 0 Å². The molecule has 0 aromatic carbocycles. The van der Waals surface area contributed by atoms with Crippen molar-refractivity contribution in [2.45, 2.75) is 13.0 Å². The third kappa shape index (κ3) is 2.22. The van der Waals surface area contributed by atoms with Crippen LogP contribution in [-0.4, -0.2) is 22.1 Å². The molecule has 0 fully saturated rings. The molecule has 1 heterocycles. The van der Waals surface area contributed by atoms with Crippen molar-refractivity contribution < 1.29 is 23.5 Å². The largest absolute Gasteiger partial charge is 0.481 e. The predicted molar refractivity (Wildman–Crippen MR) is 48.3 cm³/mol. The number of alkyl halides is 2. The van der Waals surface area contributed by atoms with E-state index in [0.717, 1.165) is 6.07 Å². The Morgan fingerprint density at radius 2 is 2.31 bits per heavy atom. The highest BCUT2D eigenvalue weighted by Gasteiger charge is 2.28. The number of nitrogens with zero attached hydrogens (tertiary/aromatic N) is 2. The standard InChI is InChI=1S/C8H8F2N2O4/c1-16-6-2-4(8(9)10)7(12(14)15)5(3-13)11-6/h2,8,13H,3H2,1H3. The molecule has 0 aliphatic rings. The van der Waals surface area contributed by atoms with Gasteiger partial charge in [-0.05, 0) is 0 Å². The number of hydrogen-bond acceptors (Lipinski definition) is 5. The third-order valence-electron chi connectivity index (χ3n) is 1.85. The molecule has 88 valence electrons. The zero-order valence-corrected chi connectivity index (χ0v) is 8.18. The van der Waals surface area contributed by atoms with Gasteiger partial charge >= 0.3 is 5.69 Å². The van der Waals surface area contributed by atoms with Crippen molar-refractivity contribution in [1.82, 2.24) is 4.98 Å². The topological polar surface area (TPSA) is 85.5 Å². The molecule has 0 aliphatic heterocycles. The van der Waals surface area contributed by atoms with Crippen LogP contribution in [0.2, 0.25) is 0 Å². The van der Waals surface area contributed by atoms with E-state index < -0.39 is 34.9 Å². The number of methoxy groups -OCH3 is 1. The van der Waals surface area contributed by atoms with Crippen molar-refractivity contribution in [2.75, 3.05) is 7.11 Å². The molecule has 0 unspecified atom stereocenters. The normalized spacial score (nSPS) is 10.6. The minimum Gasteiger partial charge on any atom is -0.481 e. The Hall–Kier alpha value is -1.83. The lowest BCUT2D eigenvalue weighted by atomic mass is 10.2. The zero-order valence-electron chi connectivity index (χ0n) is 8.18. The Morgan fingerprint density at radius 3 is 2.69 bits per heavy atom. The molecule has 0 saturated heterocycles. The number of aromatic nitrogens is 1. The predicted octanol–water partition coefficient (Wildman–Crippen LogP) is 1.43. The number of nitro groups is 1. The highest BCUT2D eigenvalue weighted by atomic mass is 19.3. The first-order valence-electron chi connectivity index (χ1n) is 4.12. The van der Waals surface area contributed by atoms with Gasteiger partial charge in [0.25, 0.3) is 6.43 Å². The van der Waals surface area contributed by atoms with Gasteiger partial charge in [-0.25, -0.2) is 13.8 Å². The lowest BCUT2D eigenvalue weighted by Gasteiger charge is -2.07. The van der Waals surface area contributed by atoms with E-state index in [1.165, 1.54) is 7.11 Å². The fraction of sp³-hybridized carbons (Fsp3) is 0.375. The second-order valence-corrected chi connectivity index (χ2v) is 2.77. The minimum atomic E-state index is -3.04. The number of aliphatic hydroxyl groups is 1. The summed E-state index contributed by atoms with van der Waals surface area (Å²) in [6, 6.07) is 0.780. The van der Waals surface area contributed by atoms with Crippen molar-refractivity contribution in [3.05, 3.63) is 27.4 Å². The number of rotatable bonds is 4. The van der Waals surface area contributed by atoms with Gasteiger partial charge in [0.15, 0.2) is 0 Å². The van der Waals surface area contributed by atoms with Gasteiger partial charge in [0, 0.05) is 6.07 Å². The van der Waals surface area contributed by atoms with Crippen molar-refractivity contribution in [3.8, 4) is 5.88 Å². The average Bonchev–Trinajstić information content (AvgIpc) is 2.26. The van der Waals surface area contributed by atoms with E-state index in [4.69, 9.17) is 5.11 Å². The lowest BCUT2D eigenvalue weighted by molar-refractivity contribution is -0.387. The first-order valence-corrected chi connectivity index (χ1v) is 4.12. The van der Waals surface area contributed by atoms with E-state index in [1.807, 2.05) is 0 Å². The van der Waals surface area contributed by atoms with Crippen LogP contribution in [0.4, 0.5) is 14.5 Å². The van der Waals surface area contributed by atoms with Crippen LogP contribution in [-0.2, 0) is 6.61 Å². The number of halogens is 2. The summed E-state index contributed by atoms with van der Waals surface area (Å²) in [4.78, 5) is 13.1. The SMILES string of the molecule is COc1cc(C(F)F)c([N+](=O)[O-])c(CO)n1. The summed E-state index contributed by atoms with van der Waals surface area (Å²) < 4.78 is 29.7. The molecule has 0 bridgehead atoms. The van der Waals surface area contributed by atoms with E-state index in [1.54, 1.807) is 0 Å². The van der Waals surface area contributed by atoms with Gasteiger partial charge in [0.1, 0.15) is 11.3 Å². The molecule has 1 N–H and O–H groups in total. The van der Waals surface area contributed by atoms with Crippen LogP contribution in [0.25, 0.3) is 0 Å². The lowest BCUT2D eigenvalue weighted by Crippen LogP contribution is -2.05. The Balaban J connectivity index is 3.47. The highest BCUT2D eigenvalue weighted by molar-refractivity contribution is 5.47. The van der Waals surface area contributed by atoms with E-state index in [2.05, 4.69) is 9.72 Å². The molecular weight excluding hydrogens is 226 g/mol. The van der Waals surface area contributed by atoms with Crippen LogP contribution in [0.3, 0.4) is 0 Å². The molecule has 0 spiro atoms. The van der Waals surface area contributed by atoms with Crippen molar-refractivity contribution in [3.63, 3.8) is 0 Å². The molecule has 1 aromatic rings. The monoisotopic (exact) mass is 234 g/mol. The number of ether oxygens (including phenoxy) is 1. The van der Waals surface area contributed by atoms with Gasteiger partial charge in [-0.2, -0.15) is 0 Å². The molecule has 16 heavy (non-hydrogen) atoms. The summed E-state index contributed by atoms with van der Waals surface area (Å²) in [5.41, 5.74) is -2.14. The van der Waals surface area contributed by atoms with Gasteiger partial charge in [-0.3, -0.25) is 10.1 Å². The van der Waals surface area contributed by atoms with E-state index in [0.29, 0.717) is 0 Å². The summed E-state index contributed by atoms with van der Waals surface area (Å²) in [6.45, 7) is -0.812. The van der Waals surface area contributed by atoms with Gasteiger partial charge in [-0.15, -0.1) is 0 Å². The second-order valence-electron chi connectivity index (χ2n) is 2.77. The molecule has 0 radical (unpaired) electrons. The molecule has 1 rings (SSSR count). The average molecular weight is 234 g/mol. The molecule has 0 atom stereocenters. The summed E-state index contributed by atoms with van der Waals surface area (Å²) in [5, 5.41) is 19.4. The van der Waals surface area contributed by atoms with Gasteiger partial charge in [-0.1, -0.05) is 0 Å². The number of hydrogen-bond donors (Lipinski definition) is 1. The third-order valence-corrected chi connectivity index (χ3v) is 1.85. The Kier molecular flexibility index (Phi) is 3.67. The molecule has 0 amide bonds. The quantitative estimate of drug-likeness (QED) is 0.629. The molecule has 8 heteroatoms. The van der Waals surface area contributed by atoms with Crippen molar-refractivity contribution >= 4 is 5.69 Å². The van der Waals surface area contributed by atoms with E-state index in [-0.39, 0.29) is 5.88 Å². The van der Waals surface area contributed by atoms with Crippen LogP contribution >= 0.6 is 0 Å². The summed E-state index contributed by atoms with van der Waals surface area (Å²) >= 11 is 0. The van der Waals surface area contributed by atoms with Crippen LogP contribution in [0.5, 0.6) is 5.88 Å². The number of aliphatic hydroxyl groups excluding tert-OH is 1. The van der Waals surface area contributed by atoms with Crippen LogP contribution in [0.15, 0.2) is 6.07 Å². The van der Waals surface area contributed by atoms with Crippen molar-refractivity contribution in [2.24, 2.45) is 0 Å². The first-order chi connectivity index (χ1) is 7.51. The Bertz CT molecular complexity index is 411. The fourth-order valence-corrected chi connectivity index (χ4v) is 1.18. The highest BCUT2D eigenvalue weighted by Crippen LogP contribution is 2.33. The fourth-order valence-electron chi connectivity index (χ4n) is 1.18. The van der Waals surface area contributed by atoms with Crippen LogP contribution in [0.1, 0.15) is 17.7 Å². The Morgan fingerprint density at radius 1 is 1.69 bits per heavy atom. The first kappa shape index (κ1) is 12.2. The zero-order chi connectivity index (χ0) is 12.3. The summed E-state index contributed by atoms with van der Waals surface area (Å²) in [7, 11) is 1.19. The maximum Gasteiger partial charge on any atom is 0.302 e. The number of pyridine rings is 1. The molecular formula is C8H8F2N2O4. The maximum absolute atomic E-state index is 12.6. The van der Waals surface area contributed by atoms with Crippen molar-refractivity contribution in [1.29, 1.82) is 0 Å². The van der Waals surface area contributed by atoms with E-state index in [9.17, 15) is 18.9 Å². The molecule has 1 aromatic heterocycles. The van der Waals surface area contributed by atoms with Crippen LogP contribution < -0.4 is 4.74 Å². The smallest absolute Gasteiger partial charge is 0.302 e. The Labute approximate surface area is 88.6 Å². The minimum absolute atomic E-state index is 0.204. The molecule has 0 aliphatic carbocycles. The van der Waals surface area contributed by atoms with Gasteiger partial charge < -0.3 is 9.84 Å². The summed E-state index contributed by atoms with van der Waals surface area (Å²) in [6.07, 6.45) is -3.04. The van der Waals surface area contributed by atoms with Gasteiger partial charge in [0.2, 0.25) is 5.88 Å². The van der Waals surface area contributed by atoms with Crippen LogP contribution in [0, 0.1) is 10.1 Å². The van der Waals surface area contributed by atoms with Gasteiger partial charge in [0.05, 0.1) is 18.6 Å².